The monoisotopic (exact) mass is 448 g/mol. The lowest BCUT2D eigenvalue weighted by atomic mass is 10.1. The number of hydrogen-bond acceptors (Lipinski definition) is 3. The fourth-order valence-corrected chi connectivity index (χ4v) is 4.32. The molecule has 2 heterocycles. The molecule has 0 saturated heterocycles. The predicted octanol–water partition coefficient (Wildman–Crippen LogP) is 2.10. The van der Waals surface area contributed by atoms with E-state index in [4.69, 9.17) is 0 Å². The smallest absolute Gasteiger partial charge is 0.762 e. The largest absolute Gasteiger partial charge is 1.00 e. The molecule has 0 saturated carbocycles. The van der Waals surface area contributed by atoms with Gasteiger partial charge in [-0.15, -0.1) is 0 Å². The molecule has 4 rings (SSSR count). The standard InChI is InChI=1S/C22H21N2OS.BF3.FH/c1-23-20-10-4-5-11-21(20)26-22(23)12-6-7-17-13-14-24(15-16-25)19-9-3-2-8-18(17)19;2-1(3)4;/h2-14,25H,15-16H2,1H3;;1H/q+1;;/p-1. The van der Waals surface area contributed by atoms with E-state index in [1.165, 1.54) is 26.6 Å². The van der Waals surface area contributed by atoms with Gasteiger partial charge in [0.2, 0.25) is 5.52 Å². The molecule has 162 valence electrons. The molecule has 0 radical (unpaired) electrons. The number of rotatable bonds is 4. The molecule has 1 aromatic heterocycles. The fourth-order valence-electron chi connectivity index (χ4n) is 3.26. The quantitative estimate of drug-likeness (QED) is 0.377. The van der Waals surface area contributed by atoms with Crippen LogP contribution in [0.1, 0.15) is 5.56 Å². The maximum absolute atomic E-state index is 9.67. The summed E-state index contributed by atoms with van der Waals surface area (Å²) >= 11 is 1.80. The third kappa shape index (κ3) is 6.12. The van der Waals surface area contributed by atoms with Crippen molar-refractivity contribution < 1.29 is 27.3 Å². The fraction of sp³-hybridized carbons (Fsp3) is 0.136. The number of hydrogen-bond donors (Lipinski definition) is 1. The molecule has 0 amide bonds. The summed E-state index contributed by atoms with van der Waals surface area (Å²) in [6, 6.07) is 18.9. The summed E-state index contributed by atoms with van der Waals surface area (Å²) in [5.74, 6) is 0. The summed E-state index contributed by atoms with van der Waals surface area (Å²) in [6.07, 6.45) is 8.46. The molecule has 1 aliphatic rings. The van der Waals surface area contributed by atoms with Crippen molar-refractivity contribution in [3.63, 3.8) is 0 Å². The Morgan fingerprint density at radius 3 is 2.45 bits per heavy atom. The zero-order valence-electron chi connectivity index (χ0n) is 16.8. The predicted molar refractivity (Wildman–Crippen MR) is 118 cm³/mol. The van der Waals surface area contributed by atoms with E-state index in [0.29, 0.717) is 6.54 Å². The van der Waals surface area contributed by atoms with E-state index in [1.54, 1.807) is 11.8 Å². The number of aliphatic hydroxyl groups is 1. The Balaban J connectivity index is 0.000000631. The van der Waals surface area contributed by atoms with Crippen molar-refractivity contribution >= 4 is 42.0 Å². The molecule has 1 N–H and O–H groups in total. The maximum Gasteiger partial charge on any atom is 0.762 e. The lowest BCUT2D eigenvalue weighted by Crippen LogP contribution is -3.00. The second-order valence-electron chi connectivity index (χ2n) is 6.45. The molecule has 1 aliphatic heterocycles. The average molecular weight is 448 g/mol. The number of pyridine rings is 1. The highest BCUT2D eigenvalue weighted by Crippen LogP contribution is 2.44. The maximum atomic E-state index is 9.67. The van der Waals surface area contributed by atoms with Crippen LogP contribution in [-0.2, 0) is 6.54 Å². The molecule has 9 heteroatoms. The molecule has 0 aliphatic carbocycles. The first-order valence-electron chi connectivity index (χ1n) is 9.34. The first kappa shape index (κ1) is 24.5. The van der Waals surface area contributed by atoms with Crippen molar-refractivity contribution in [2.75, 3.05) is 18.6 Å². The van der Waals surface area contributed by atoms with E-state index in [1.807, 2.05) is 12.3 Å². The average Bonchev–Trinajstić information content (AvgIpc) is 3.05. The number of anilines is 1. The van der Waals surface area contributed by atoms with Crippen molar-refractivity contribution in [3.8, 4) is 0 Å². The van der Waals surface area contributed by atoms with Gasteiger partial charge in [0.25, 0.3) is 0 Å². The van der Waals surface area contributed by atoms with Gasteiger partial charge in [-0.05, 0) is 29.8 Å². The molecule has 31 heavy (non-hydrogen) atoms. The van der Waals surface area contributed by atoms with Crippen LogP contribution in [0.15, 0.2) is 82.9 Å². The molecule has 3 aromatic rings. The van der Waals surface area contributed by atoms with E-state index in [2.05, 4.69) is 83.3 Å². The van der Waals surface area contributed by atoms with Gasteiger partial charge in [0.15, 0.2) is 12.7 Å². The van der Waals surface area contributed by atoms with Gasteiger partial charge in [-0.25, -0.2) is 0 Å². The Morgan fingerprint density at radius 1 is 1.06 bits per heavy atom. The molecule has 0 unspecified atom stereocenters. The molecular weight excluding hydrogens is 427 g/mol. The highest BCUT2D eigenvalue weighted by atomic mass is 32.2. The molecule has 0 fully saturated rings. The summed E-state index contributed by atoms with van der Waals surface area (Å²) in [6.45, 7) is 0.744. The number of allylic oxidation sites excluding steroid dienone is 2. The van der Waals surface area contributed by atoms with Crippen LogP contribution in [0, 0.1) is 0 Å². The number of para-hydroxylation sites is 2. The van der Waals surface area contributed by atoms with Crippen LogP contribution in [0.3, 0.4) is 0 Å². The normalized spacial score (nSPS) is 13.7. The van der Waals surface area contributed by atoms with Crippen molar-refractivity contribution in [3.05, 3.63) is 83.5 Å². The number of halogens is 4. The van der Waals surface area contributed by atoms with E-state index < -0.39 is 7.54 Å². The summed E-state index contributed by atoms with van der Waals surface area (Å²) < 4.78 is 31.1. The molecular formula is C22H21BF4N2OS. The Labute approximate surface area is 183 Å². The number of benzene rings is 2. The SMILES string of the molecule is CN1C(=CC=Cc2cc[n+](CCO)c3ccccc23)Sc2ccccc21.FB(F)F.[F-]. The van der Waals surface area contributed by atoms with Gasteiger partial charge in [0.05, 0.1) is 16.1 Å². The zero-order chi connectivity index (χ0) is 21.5. The third-order valence-corrected chi connectivity index (χ3v) is 5.77. The van der Waals surface area contributed by atoms with Crippen LogP contribution in [0.2, 0.25) is 0 Å². The third-order valence-electron chi connectivity index (χ3n) is 4.59. The highest BCUT2D eigenvalue weighted by Gasteiger charge is 2.20. The summed E-state index contributed by atoms with van der Waals surface area (Å²) in [5, 5.41) is 11.7. The van der Waals surface area contributed by atoms with Crippen molar-refractivity contribution in [1.29, 1.82) is 0 Å². The molecule has 0 atom stereocenters. The molecule has 0 bridgehead atoms. The van der Waals surface area contributed by atoms with Crippen molar-refractivity contribution in [1.82, 2.24) is 0 Å². The second kappa shape index (κ2) is 11.6. The van der Waals surface area contributed by atoms with Crippen molar-refractivity contribution in [2.45, 2.75) is 11.4 Å². The van der Waals surface area contributed by atoms with E-state index >= 15 is 0 Å². The Bertz CT molecular complexity index is 1080. The molecule has 0 spiro atoms. The van der Waals surface area contributed by atoms with E-state index in [-0.39, 0.29) is 11.3 Å². The van der Waals surface area contributed by atoms with Crippen LogP contribution in [0.25, 0.3) is 17.0 Å². The van der Waals surface area contributed by atoms with Crippen LogP contribution in [0.5, 0.6) is 0 Å². The first-order chi connectivity index (χ1) is 14.5. The minimum Gasteiger partial charge on any atom is -1.00 e. The summed E-state index contributed by atoms with van der Waals surface area (Å²) in [7, 11) is -1.56. The van der Waals surface area contributed by atoms with Crippen LogP contribution in [0.4, 0.5) is 18.6 Å². The number of aromatic nitrogens is 1. The zero-order valence-corrected chi connectivity index (χ0v) is 17.6. The van der Waals surface area contributed by atoms with Gasteiger partial charge in [0.1, 0.15) is 6.61 Å². The topological polar surface area (TPSA) is 27.4 Å². The summed E-state index contributed by atoms with van der Waals surface area (Å²) in [4.78, 5) is 3.52. The Hall–Kier alpha value is -2.78. The van der Waals surface area contributed by atoms with Gasteiger partial charge >= 0.3 is 7.54 Å². The Morgan fingerprint density at radius 2 is 1.74 bits per heavy atom. The van der Waals surface area contributed by atoms with Crippen LogP contribution < -0.4 is 14.2 Å². The van der Waals surface area contributed by atoms with Gasteiger partial charge in [-0.1, -0.05) is 48.2 Å². The van der Waals surface area contributed by atoms with Gasteiger partial charge in [-0.3, -0.25) is 12.9 Å². The first-order valence-corrected chi connectivity index (χ1v) is 10.2. The number of aliphatic hydroxyl groups excluding tert-OH is 1. The van der Waals surface area contributed by atoms with Crippen LogP contribution >= 0.6 is 11.8 Å². The van der Waals surface area contributed by atoms with Gasteiger partial charge < -0.3 is 14.7 Å². The Kier molecular flexibility index (Phi) is 9.14. The van der Waals surface area contributed by atoms with Gasteiger partial charge in [-0.2, -0.15) is 4.57 Å². The summed E-state index contributed by atoms with van der Waals surface area (Å²) in [5.41, 5.74) is 3.57. The van der Waals surface area contributed by atoms with E-state index in [9.17, 15) is 18.1 Å². The lowest BCUT2D eigenvalue weighted by Gasteiger charge is -2.12. The molecule has 3 nitrogen and oxygen atoms in total. The minimum absolute atomic E-state index is 0. The van der Waals surface area contributed by atoms with Crippen LogP contribution in [-0.4, -0.2) is 26.3 Å². The van der Waals surface area contributed by atoms with Gasteiger partial charge in [0, 0.05) is 24.1 Å². The highest BCUT2D eigenvalue weighted by molar-refractivity contribution is 8.03. The molecule has 2 aromatic carbocycles. The number of thioether (sulfide) groups is 1. The number of nitrogens with zero attached hydrogens (tertiary/aromatic N) is 2. The van der Waals surface area contributed by atoms with Crippen molar-refractivity contribution in [2.24, 2.45) is 0 Å². The minimum atomic E-state index is -3.67. The van der Waals surface area contributed by atoms with E-state index in [0.717, 1.165) is 5.52 Å². The lowest BCUT2D eigenvalue weighted by molar-refractivity contribution is -0.672. The second-order valence-corrected chi connectivity index (χ2v) is 7.51. The number of fused-ring (bicyclic) bond motifs is 2.